The molecule has 0 aliphatic rings. The van der Waals surface area contributed by atoms with Crippen LogP contribution in [0.5, 0.6) is 5.75 Å². The SMILES string of the molecule is CCN(Cc1cc(OC)ccc1B(O)O)C(C)CN(C)C. The van der Waals surface area contributed by atoms with Gasteiger partial charge in [-0.25, -0.2) is 0 Å². The lowest BCUT2D eigenvalue weighted by molar-refractivity contribution is 0.174. The number of benzene rings is 1. The summed E-state index contributed by atoms with van der Waals surface area (Å²) in [5.41, 5.74) is 1.42. The van der Waals surface area contributed by atoms with Crippen LogP contribution in [0.15, 0.2) is 18.2 Å². The molecular weight excluding hydrogens is 267 g/mol. The molecule has 1 aromatic rings. The van der Waals surface area contributed by atoms with Crippen LogP contribution in [0.3, 0.4) is 0 Å². The van der Waals surface area contributed by atoms with Gasteiger partial charge in [0.15, 0.2) is 0 Å². The highest BCUT2D eigenvalue weighted by Crippen LogP contribution is 2.15. The van der Waals surface area contributed by atoms with Gasteiger partial charge < -0.3 is 19.7 Å². The normalized spacial score (nSPS) is 12.8. The van der Waals surface area contributed by atoms with Gasteiger partial charge in [0, 0.05) is 19.1 Å². The summed E-state index contributed by atoms with van der Waals surface area (Å²) in [5, 5.41) is 19.1. The van der Waals surface area contributed by atoms with Crippen LogP contribution in [0.2, 0.25) is 0 Å². The van der Waals surface area contributed by atoms with Crippen molar-refractivity contribution in [1.82, 2.24) is 9.80 Å². The van der Waals surface area contributed by atoms with E-state index in [0.717, 1.165) is 24.4 Å². The van der Waals surface area contributed by atoms with Gasteiger partial charge in [-0.05, 0) is 50.7 Å². The van der Waals surface area contributed by atoms with Gasteiger partial charge in [-0.2, -0.15) is 0 Å². The maximum absolute atomic E-state index is 9.53. The van der Waals surface area contributed by atoms with E-state index in [-0.39, 0.29) is 0 Å². The van der Waals surface area contributed by atoms with Gasteiger partial charge in [0.05, 0.1) is 7.11 Å². The summed E-state index contributed by atoms with van der Waals surface area (Å²) >= 11 is 0. The molecule has 0 aromatic heterocycles. The third-order valence-corrected chi connectivity index (χ3v) is 3.66. The third kappa shape index (κ3) is 5.32. The summed E-state index contributed by atoms with van der Waals surface area (Å²) in [5.74, 6) is 0.728. The molecule has 0 aliphatic heterocycles. The first-order valence-corrected chi connectivity index (χ1v) is 7.30. The highest BCUT2D eigenvalue weighted by molar-refractivity contribution is 6.59. The monoisotopic (exact) mass is 294 g/mol. The Kier molecular flexibility index (Phi) is 7.18. The predicted octanol–water partition coefficient (Wildman–Crippen LogP) is 0.147. The van der Waals surface area contributed by atoms with Crippen molar-refractivity contribution in [2.75, 3.05) is 34.3 Å². The van der Waals surface area contributed by atoms with Crippen LogP contribution in [0.25, 0.3) is 0 Å². The topological polar surface area (TPSA) is 56.2 Å². The highest BCUT2D eigenvalue weighted by Gasteiger charge is 2.20. The molecule has 0 amide bonds. The van der Waals surface area contributed by atoms with Crippen LogP contribution < -0.4 is 10.2 Å². The summed E-state index contributed by atoms with van der Waals surface area (Å²) in [4.78, 5) is 4.46. The summed E-state index contributed by atoms with van der Waals surface area (Å²) in [6, 6.07) is 5.71. The average molecular weight is 294 g/mol. The Labute approximate surface area is 128 Å². The third-order valence-electron chi connectivity index (χ3n) is 3.66. The van der Waals surface area contributed by atoms with Crippen LogP contribution in [-0.2, 0) is 6.54 Å². The summed E-state index contributed by atoms with van der Waals surface area (Å²) < 4.78 is 5.24. The molecule has 0 saturated heterocycles. The van der Waals surface area contributed by atoms with Crippen molar-refractivity contribution in [3.05, 3.63) is 23.8 Å². The van der Waals surface area contributed by atoms with Gasteiger partial charge in [0.25, 0.3) is 0 Å². The van der Waals surface area contributed by atoms with Crippen molar-refractivity contribution in [2.45, 2.75) is 26.4 Å². The van der Waals surface area contributed by atoms with Crippen LogP contribution in [0.1, 0.15) is 19.4 Å². The molecule has 0 saturated carbocycles. The smallest absolute Gasteiger partial charge is 0.488 e. The number of nitrogens with zero attached hydrogens (tertiary/aromatic N) is 2. The highest BCUT2D eigenvalue weighted by atomic mass is 16.5. The molecule has 0 bridgehead atoms. The first-order chi connectivity index (χ1) is 9.88. The minimum atomic E-state index is -1.46. The van der Waals surface area contributed by atoms with Crippen LogP contribution in [0, 0.1) is 0 Å². The molecule has 0 radical (unpaired) electrons. The van der Waals surface area contributed by atoms with Crippen LogP contribution >= 0.6 is 0 Å². The van der Waals surface area contributed by atoms with Crippen LogP contribution in [0.4, 0.5) is 0 Å². The number of methoxy groups -OCH3 is 1. The van der Waals surface area contributed by atoms with Crippen molar-refractivity contribution in [2.24, 2.45) is 0 Å². The summed E-state index contributed by atoms with van der Waals surface area (Å²) in [6.07, 6.45) is 0. The zero-order chi connectivity index (χ0) is 16.0. The second-order valence-electron chi connectivity index (χ2n) is 5.61. The van der Waals surface area contributed by atoms with E-state index in [1.807, 2.05) is 6.07 Å². The summed E-state index contributed by atoms with van der Waals surface area (Å²) in [6.45, 7) is 6.80. The van der Waals surface area contributed by atoms with Crippen molar-refractivity contribution in [3.63, 3.8) is 0 Å². The van der Waals surface area contributed by atoms with Crippen molar-refractivity contribution in [1.29, 1.82) is 0 Å². The molecule has 0 aliphatic carbocycles. The molecule has 118 valence electrons. The molecule has 0 spiro atoms. The average Bonchev–Trinajstić information content (AvgIpc) is 2.43. The molecule has 21 heavy (non-hydrogen) atoms. The number of hydrogen-bond acceptors (Lipinski definition) is 5. The van der Waals surface area contributed by atoms with Crippen molar-refractivity contribution >= 4 is 12.6 Å². The standard InChI is InChI=1S/C15H27BN2O3/c1-6-18(12(2)10-17(3)4)11-13-9-14(21-5)7-8-15(13)16(19)20/h7-9,12,19-20H,6,10-11H2,1-5H3. The molecule has 0 fully saturated rings. The predicted molar refractivity (Wildman–Crippen MR) is 86.9 cm³/mol. The number of ether oxygens (including phenoxy) is 1. The van der Waals surface area contributed by atoms with Gasteiger partial charge in [-0.3, -0.25) is 4.90 Å². The zero-order valence-corrected chi connectivity index (χ0v) is 13.7. The Morgan fingerprint density at radius 3 is 2.43 bits per heavy atom. The molecule has 6 heteroatoms. The largest absolute Gasteiger partial charge is 0.497 e. The second kappa shape index (κ2) is 8.39. The Morgan fingerprint density at radius 2 is 1.95 bits per heavy atom. The van der Waals surface area contributed by atoms with E-state index in [4.69, 9.17) is 4.74 Å². The minimum Gasteiger partial charge on any atom is -0.497 e. The molecule has 1 aromatic carbocycles. The van der Waals surface area contributed by atoms with E-state index in [9.17, 15) is 10.0 Å². The zero-order valence-electron chi connectivity index (χ0n) is 13.7. The fraction of sp³-hybridized carbons (Fsp3) is 0.600. The maximum atomic E-state index is 9.53. The number of rotatable bonds is 8. The van der Waals surface area contributed by atoms with Crippen molar-refractivity contribution in [3.8, 4) is 5.75 Å². The van der Waals surface area contributed by atoms with Crippen molar-refractivity contribution < 1.29 is 14.8 Å². The first kappa shape index (κ1) is 18.0. The fourth-order valence-corrected chi connectivity index (χ4v) is 2.54. The molecule has 1 unspecified atom stereocenters. The van der Waals surface area contributed by atoms with Gasteiger partial charge in [0.1, 0.15) is 5.75 Å². The second-order valence-corrected chi connectivity index (χ2v) is 5.61. The molecular formula is C15H27BN2O3. The Morgan fingerprint density at radius 1 is 1.29 bits per heavy atom. The van der Waals surface area contributed by atoms with Gasteiger partial charge in [0.2, 0.25) is 0 Å². The van der Waals surface area contributed by atoms with E-state index in [2.05, 4.69) is 37.7 Å². The first-order valence-electron chi connectivity index (χ1n) is 7.30. The molecule has 0 heterocycles. The quantitative estimate of drug-likeness (QED) is 0.668. The lowest BCUT2D eigenvalue weighted by atomic mass is 9.76. The van der Waals surface area contributed by atoms with Gasteiger partial charge in [-0.1, -0.05) is 13.0 Å². The van der Waals surface area contributed by atoms with Crippen LogP contribution in [-0.4, -0.2) is 67.3 Å². The molecule has 5 nitrogen and oxygen atoms in total. The maximum Gasteiger partial charge on any atom is 0.488 e. The Hall–Kier alpha value is -1.08. The lowest BCUT2D eigenvalue weighted by Gasteiger charge is -2.30. The van der Waals surface area contributed by atoms with E-state index < -0.39 is 7.12 Å². The lowest BCUT2D eigenvalue weighted by Crippen LogP contribution is -2.42. The Bertz CT molecular complexity index is 441. The van der Waals surface area contributed by atoms with Gasteiger partial charge >= 0.3 is 7.12 Å². The molecule has 1 atom stereocenters. The van der Waals surface area contributed by atoms with E-state index >= 15 is 0 Å². The van der Waals surface area contributed by atoms with E-state index in [1.165, 1.54) is 0 Å². The summed E-state index contributed by atoms with van der Waals surface area (Å²) in [7, 11) is 4.26. The minimum absolute atomic E-state index is 0.375. The Balaban J connectivity index is 2.96. The van der Waals surface area contributed by atoms with E-state index in [0.29, 0.717) is 18.0 Å². The van der Waals surface area contributed by atoms with E-state index in [1.54, 1.807) is 19.2 Å². The van der Waals surface area contributed by atoms with Gasteiger partial charge in [-0.15, -0.1) is 0 Å². The molecule has 2 N–H and O–H groups in total. The number of likely N-dealkylation sites (N-methyl/N-ethyl adjacent to an activating group) is 2. The molecule has 1 rings (SSSR count). The number of hydrogen-bond donors (Lipinski definition) is 2. The fourth-order valence-electron chi connectivity index (χ4n) is 2.54.